The second-order valence-corrected chi connectivity index (χ2v) is 5.30. The van der Waals surface area contributed by atoms with Crippen LogP contribution in [0.1, 0.15) is 26.7 Å². The van der Waals surface area contributed by atoms with Crippen LogP contribution in [0.4, 0.5) is 0 Å². The molecule has 0 aromatic rings. The monoisotopic (exact) mass is 181 g/mol. The molecule has 0 unspecified atom stereocenters. The highest BCUT2D eigenvalue weighted by Crippen LogP contribution is 2.91. The summed E-state index contributed by atoms with van der Waals surface area (Å²) in [7, 11) is 0. The van der Waals surface area contributed by atoms with Crippen molar-refractivity contribution >= 4 is 5.97 Å². The number of piperidine rings is 2. The molecule has 2 aliphatic carbocycles. The Hall–Kier alpha value is -0.570. The molecule has 0 radical (unpaired) electrons. The molecule has 1 heterocycles. The number of rotatable bonds is 2. The van der Waals surface area contributed by atoms with E-state index in [0.717, 1.165) is 6.54 Å². The highest BCUT2D eigenvalue weighted by molar-refractivity contribution is 5.79. The number of hydrogen-bond donors (Lipinski definition) is 1. The number of carbonyl (C=O) groups is 1. The van der Waals surface area contributed by atoms with Gasteiger partial charge in [0.2, 0.25) is 0 Å². The van der Waals surface area contributed by atoms with Crippen LogP contribution in [0.2, 0.25) is 0 Å². The van der Waals surface area contributed by atoms with E-state index in [1.807, 2.05) is 0 Å². The van der Waals surface area contributed by atoms with Gasteiger partial charge in [0.15, 0.2) is 0 Å². The van der Waals surface area contributed by atoms with Crippen LogP contribution >= 0.6 is 0 Å². The van der Waals surface area contributed by atoms with Gasteiger partial charge >= 0.3 is 5.97 Å². The zero-order valence-corrected chi connectivity index (χ0v) is 8.08. The SMILES string of the molecule is CC(C)N1CC23CC2(C3)[C@H]1C(=O)O. The first-order valence-electron chi connectivity index (χ1n) is 5.01. The van der Waals surface area contributed by atoms with E-state index in [1.54, 1.807) is 0 Å². The van der Waals surface area contributed by atoms with Crippen molar-refractivity contribution in [2.75, 3.05) is 6.54 Å². The van der Waals surface area contributed by atoms with Gasteiger partial charge in [-0.2, -0.15) is 0 Å². The number of carboxylic acids is 1. The lowest BCUT2D eigenvalue weighted by Crippen LogP contribution is -2.47. The van der Waals surface area contributed by atoms with E-state index in [2.05, 4.69) is 18.7 Å². The Balaban J connectivity index is 1.91. The Morgan fingerprint density at radius 2 is 2.15 bits per heavy atom. The molecule has 0 amide bonds. The molecule has 1 aliphatic heterocycles. The number of hydrogen-bond acceptors (Lipinski definition) is 2. The van der Waals surface area contributed by atoms with Crippen molar-refractivity contribution in [3.63, 3.8) is 0 Å². The molecule has 0 spiro atoms. The van der Waals surface area contributed by atoms with Crippen molar-refractivity contribution < 1.29 is 9.90 Å². The molecule has 1 atom stereocenters. The van der Waals surface area contributed by atoms with E-state index >= 15 is 0 Å². The molecule has 0 aromatic heterocycles. The highest BCUT2D eigenvalue weighted by atomic mass is 16.4. The summed E-state index contributed by atoms with van der Waals surface area (Å²) in [5.74, 6) is -0.606. The number of aliphatic carboxylic acids is 1. The molecule has 1 N–H and O–H groups in total. The van der Waals surface area contributed by atoms with E-state index in [9.17, 15) is 9.90 Å². The average Bonchev–Trinajstić information content (AvgIpc) is 2.70. The fraction of sp³-hybridized carbons (Fsp3) is 0.900. The molecule has 0 bridgehead atoms. The highest BCUT2D eigenvalue weighted by Gasteiger charge is 2.91. The molecule has 1 saturated heterocycles. The summed E-state index contributed by atoms with van der Waals surface area (Å²) in [4.78, 5) is 13.3. The maximum absolute atomic E-state index is 11.1. The first kappa shape index (κ1) is 7.80. The zero-order chi connectivity index (χ0) is 9.43. The van der Waals surface area contributed by atoms with Crippen LogP contribution in [0, 0.1) is 10.8 Å². The summed E-state index contributed by atoms with van der Waals surface area (Å²) in [5.41, 5.74) is 0.684. The standard InChI is InChI=1S/C10H15NO2/c1-6(2)11-5-9-3-10(9,4-9)7(11)8(12)13/h6-7H,3-5H2,1-2H3,(H,12,13)/t7-,9?,10?/m1/s1. The summed E-state index contributed by atoms with van der Waals surface area (Å²) >= 11 is 0. The lowest BCUT2D eigenvalue weighted by molar-refractivity contribution is -0.145. The van der Waals surface area contributed by atoms with Crippen LogP contribution in [0.5, 0.6) is 0 Å². The Bertz CT molecular complexity index is 291. The van der Waals surface area contributed by atoms with Gasteiger partial charge in [0, 0.05) is 18.0 Å². The number of carboxylic acid groups (broad SMARTS) is 1. The molecule has 3 nitrogen and oxygen atoms in total. The fourth-order valence-electron chi connectivity index (χ4n) is 3.44. The fourth-order valence-corrected chi connectivity index (χ4v) is 3.44. The second kappa shape index (κ2) is 1.78. The summed E-state index contributed by atoms with van der Waals surface area (Å²) in [6, 6.07) is 0.204. The minimum atomic E-state index is -0.606. The van der Waals surface area contributed by atoms with Crippen molar-refractivity contribution in [1.29, 1.82) is 0 Å². The lowest BCUT2D eigenvalue weighted by atomic mass is 10.00. The van der Waals surface area contributed by atoms with E-state index in [4.69, 9.17) is 0 Å². The minimum absolute atomic E-state index is 0.174. The molecule has 72 valence electrons. The maximum Gasteiger partial charge on any atom is 0.321 e. The van der Waals surface area contributed by atoms with E-state index in [1.165, 1.54) is 12.8 Å². The van der Waals surface area contributed by atoms with Gasteiger partial charge in [0.05, 0.1) is 0 Å². The van der Waals surface area contributed by atoms with E-state index in [-0.39, 0.29) is 11.5 Å². The predicted octanol–water partition coefficient (Wildman–Crippen LogP) is 0.944. The van der Waals surface area contributed by atoms with Crippen molar-refractivity contribution in [3.8, 4) is 0 Å². The third kappa shape index (κ3) is 0.654. The van der Waals surface area contributed by atoms with Gasteiger partial charge in [-0.1, -0.05) is 0 Å². The van der Waals surface area contributed by atoms with Crippen molar-refractivity contribution in [1.82, 2.24) is 4.90 Å². The summed E-state index contributed by atoms with van der Waals surface area (Å²) < 4.78 is 0. The molecule has 13 heavy (non-hydrogen) atoms. The largest absolute Gasteiger partial charge is 0.480 e. The van der Waals surface area contributed by atoms with Crippen LogP contribution in [0.25, 0.3) is 0 Å². The topological polar surface area (TPSA) is 40.5 Å². The Morgan fingerprint density at radius 1 is 1.54 bits per heavy atom. The van der Waals surface area contributed by atoms with Crippen LogP contribution in [0.15, 0.2) is 0 Å². The van der Waals surface area contributed by atoms with E-state index in [0.29, 0.717) is 11.5 Å². The van der Waals surface area contributed by atoms with Gasteiger partial charge in [-0.25, -0.2) is 0 Å². The normalized spacial score (nSPS) is 51.8. The molecule has 3 aliphatic rings. The molecule has 0 aromatic carbocycles. The van der Waals surface area contributed by atoms with Gasteiger partial charge < -0.3 is 5.11 Å². The van der Waals surface area contributed by atoms with Crippen LogP contribution < -0.4 is 0 Å². The van der Waals surface area contributed by atoms with Crippen molar-refractivity contribution in [2.45, 2.75) is 38.8 Å². The molecular formula is C10H15NO2. The third-order valence-electron chi connectivity index (χ3n) is 4.35. The molecule has 3 rings (SSSR count). The van der Waals surface area contributed by atoms with Gasteiger partial charge in [0.1, 0.15) is 6.04 Å². The summed E-state index contributed by atoms with van der Waals surface area (Å²) in [5, 5.41) is 9.18. The van der Waals surface area contributed by atoms with Crippen LogP contribution in [-0.4, -0.2) is 34.6 Å². The zero-order valence-electron chi connectivity index (χ0n) is 8.08. The molecular weight excluding hydrogens is 166 g/mol. The van der Waals surface area contributed by atoms with Gasteiger partial charge in [-0.15, -0.1) is 0 Å². The Kier molecular flexibility index (Phi) is 1.07. The average molecular weight is 181 g/mol. The van der Waals surface area contributed by atoms with Gasteiger partial charge in [-0.3, -0.25) is 9.69 Å². The first-order valence-corrected chi connectivity index (χ1v) is 5.01. The van der Waals surface area contributed by atoms with Crippen LogP contribution in [0.3, 0.4) is 0 Å². The molecule has 3 heteroatoms. The minimum Gasteiger partial charge on any atom is -0.480 e. The number of likely N-dealkylation sites (tertiary alicyclic amines) is 1. The smallest absolute Gasteiger partial charge is 0.321 e. The van der Waals surface area contributed by atoms with Gasteiger partial charge in [-0.05, 0) is 32.1 Å². The lowest BCUT2D eigenvalue weighted by Gasteiger charge is -2.33. The van der Waals surface area contributed by atoms with Crippen LogP contribution in [-0.2, 0) is 4.79 Å². The Labute approximate surface area is 77.7 Å². The maximum atomic E-state index is 11.1. The quantitative estimate of drug-likeness (QED) is 0.689. The Morgan fingerprint density at radius 3 is 2.54 bits per heavy atom. The van der Waals surface area contributed by atoms with Crippen molar-refractivity contribution in [3.05, 3.63) is 0 Å². The van der Waals surface area contributed by atoms with Crippen molar-refractivity contribution in [2.24, 2.45) is 10.8 Å². The molecule has 3 fully saturated rings. The van der Waals surface area contributed by atoms with Gasteiger partial charge in [0.25, 0.3) is 0 Å². The predicted molar refractivity (Wildman–Crippen MR) is 47.4 cm³/mol. The molecule has 2 saturated carbocycles. The third-order valence-corrected chi connectivity index (χ3v) is 4.35. The first-order chi connectivity index (χ1) is 6.02. The number of nitrogens with zero attached hydrogens (tertiary/aromatic N) is 1. The second-order valence-electron chi connectivity index (χ2n) is 5.30. The summed E-state index contributed by atoms with van der Waals surface area (Å²) in [6.07, 6.45) is 2.36. The summed E-state index contributed by atoms with van der Waals surface area (Å²) in [6.45, 7) is 5.21. The van der Waals surface area contributed by atoms with E-state index < -0.39 is 5.97 Å².